The normalized spacial score (nSPS) is 17.1. The van der Waals surface area contributed by atoms with E-state index in [9.17, 15) is 8.42 Å². The molecule has 4 aromatic rings. The molecule has 36 heavy (non-hydrogen) atoms. The van der Waals surface area contributed by atoms with E-state index in [0.29, 0.717) is 19.8 Å². The van der Waals surface area contributed by atoms with Gasteiger partial charge < -0.3 is 4.74 Å². The van der Waals surface area contributed by atoms with Crippen LogP contribution in [-0.2, 0) is 24.6 Å². The highest BCUT2D eigenvalue weighted by Crippen LogP contribution is 2.44. The summed E-state index contributed by atoms with van der Waals surface area (Å²) in [6.45, 7) is 1.48. The first-order chi connectivity index (χ1) is 17.6. The van der Waals surface area contributed by atoms with Crippen molar-refractivity contribution in [3.05, 3.63) is 138 Å². The molecule has 1 heterocycles. The summed E-state index contributed by atoms with van der Waals surface area (Å²) in [5.41, 5.74) is 2.62. The molecule has 0 saturated carbocycles. The van der Waals surface area contributed by atoms with E-state index in [1.54, 1.807) is 30.3 Å². The van der Waals surface area contributed by atoms with Crippen molar-refractivity contribution in [2.45, 2.75) is 16.5 Å². The fourth-order valence-corrected chi connectivity index (χ4v) is 6.06. The van der Waals surface area contributed by atoms with Gasteiger partial charge in [0, 0.05) is 6.54 Å². The molecule has 0 amide bonds. The first-order valence-electron chi connectivity index (χ1n) is 12.1. The summed E-state index contributed by atoms with van der Waals surface area (Å²) in [7, 11) is -3.90. The van der Waals surface area contributed by atoms with Crippen molar-refractivity contribution in [1.29, 1.82) is 0 Å². The highest BCUT2D eigenvalue weighted by atomic mass is 32.2. The van der Waals surface area contributed by atoms with Crippen LogP contribution in [0.25, 0.3) is 0 Å². The molecule has 1 atom stereocenters. The van der Waals surface area contributed by atoms with Gasteiger partial charge in [-0.3, -0.25) is 9.08 Å². The average Bonchev–Trinajstić information content (AvgIpc) is 2.95. The Morgan fingerprint density at radius 1 is 0.722 bits per heavy atom. The minimum atomic E-state index is -3.90. The number of nitrogens with zero attached hydrogens (tertiary/aromatic N) is 1. The second-order valence-electron chi connectivity index (χ2n) is 8.78. The lowest BCUT2D eigenvalue weighted by Gasteiger charge is -2.50. The molecule has 0 N–H and O–H groups in total. The van der Waals surface area contributed by atoms with Gasteiger partial charge in [0.1, 0.15) is 0 Å². The molecule has 0 aromatic heterocycles. The minimum Gasteiger partial charge on any atom is -0.378 e. The maximum absolute atomic E-state index is 13.0. The topological polar surface area (TPSA) is 55.8 Å². The third-order valence-corrected chi connectivity index (χ3v) is 7.98. The minimum absolute atomic E-state index is 0.0223. The van der Waals surface area contributed by atoms with Crippen molar-refractivity contribution in [2.24, 2.45) is 0 Å². The van der Waals surface area contributed by atoms with Crippen LogP contribution in [0, 0.1) is 0 Å². The van der Waals surface area contributed by atoms with Crippen LogP contribution in [0.3, 0.4) is 0 Å². The van der Waals surface area contributed by atoms with E-state index in [-0.39, 0.29) is 17.5 Å². The van der Waals surface area contributed by atoms with Crippen LogP contribution >= 0.6 is 0 Å². The van der Waals surface area contributed by atoms with E-state index < -0.39 is 15.7 Å². The Bertz CT molecular complexity index is 1250. The fraction of sp³-hybridized carbons (Fsp3) is 0.200. The Morgan fingerprint density at radius 3 is 1.64 bits per heavy atom. The summed E-state index contributed by atoms with van der Waals surface area (Å²) in [5.74, 6) is 0. The molecule has 6 heteroatoms. The predicted molar refractivity (Wildman–Crippen MR) is 140 cm³/mol. The molecule has 184 valence electrons. The Hall–Kier alpha value is -3.29. The van der Waals surface area contributed by atoms with Crippen LogP contribution in [0.5, 0.6) is 0 Å². The van der Waals surface area contributed by atoms with Gasteiger partial charge in [-0.2, -0.15) is 8.42 Å². The molecule has 0 aliphatic carbocycles. The molecule has 1 fully saturated rings. The molecule has 1 aliphatic heterocycles. The quantitative estimate of drug-likeness (QED) is 0.250. The van der Waals surface area contributed by atoms with E-state index >= 15 is 0 Å². The Balaban J connectivity index is 1.62. The van der Waals surface area contributed by atoms with E-state index in [4.69, 9.17) is 8.92 Å². The van der Waals surface area contributed by atoms with Gasteiger partial charge >= 0.3 is 0 Å². The third-order valence-electron chi connectivity index (χ3n) is 6.68. The van der Waals surface area contributed by atoms with Gasteiger partial charge in [-0.1, -0.05) is 109 Å². The van der Waals surface area contributed by atoms with Crippen LogP contribution in [0.2, 0.25) is 0 Å². The lowest BCUT2D eigenvalue weighted by molar-refractivity contribution is -0.0565. The van der Waals surface area contributed by atoms with Crippen molar-refractivity contribution in [3.63, 3.8) is 0 Å². The maximum atomic E-state index is 13.0. The zero-order valence-corrected chi connectivity index (χ0v) is 20.8. The van der Waals surface area contributed by atoms with Gasteiger partial charge in [0.05, 0.1) is 36.3 Å². The van der Waals surface area contributed by atoms with Crippen molar-refractivity contribution in [2.75, 3.05) is 26.4 Å². The largest absolute Gasteiger partial charge is 0.378 e. The Kier molecular flexibility index (Phi) is 7.30. The van der Waals surface area contributed by atoms with E-state index in [0.717, 1.165) is 16.7 Å². The Labute approximate surface area is 213 Å². The summed E-state index contributed by atoms with van der Waals surface area (Å²) >= 11 is 0. The zero-order chi connectivity index (χ0) is 24.8. The summed E-state index contributed by atoms with van der Waals surface area (Å²) in [6.07, 6.45) is 0. The monoisotopic (exact) mass is 499 g/mol. The maximum Gasteiger partial charge on any atom is 0.297 e. The highest BCUT2D eigenvalue weighted by Gasteiger charge is 2.46. The molecule has 0 radical (unpaired) electrons. The molecule has 1 unspecified atom stereocenters. The van der Waals surface area contributed by atoms with Crippen LogP contribution in [0.15, 0.2) is 126 Å². The van der Waals surface area contributed by atoms with E-state index in [1.165, 1.54) is 0 Å². The van der Waals surface area contributed by atoms with Gasteiger partial charge in [-0.25, -0.2) is 0 Å². The van der Waals surface area contributed by atoms with Crippen molar-refractivity contribution >= 4 is 10.1 Å². The third kappa shape index (κ3) is 4.73. The van der Waals surface area contributed by atoms with Crippen molar-refractivity contribution in [3.8, 4) is 0 Å². The second kappa shape index (κ2) is 10.8. The van der Waals surface area contributed by atoms with Crippen LogP contribution in [0.1, 0.15) is 16.7 Å². The van der Waals surface area contributed by atoms with Crippen LogP contribution in [-0.4, -0.2) is 45.7 Å². The summed E-state index contributed by atoms with van der Waals surface area (Å²) < 4.78 is 37.4. The number of hydrogen-bond donors (Lipinski definition) is 0. The molecule has 0 spiro atoms. The first-order valence-corrected chi connectivity index (χ1v) is 13.5. The van der Waals surface area contributed by atoms with E-state index in [1.807, 2.05) is 54.6 Å². The molecular formula is C30H29NO4S. The predicted octanol–water partition coefficient (Wildman–Crippen LogP) is 5.08. The SMILES string of the molecule is O=S(=O)(OCC1COCCN1C(c1ccccc1)(c1ccccc1)c1ccccc1)c1ccccc1. The zero-order valence-electron chi connectivity index (χ0n) is 19.9. The summed E-state index contributed by atoms with van der Waals surface area (Å²) in [4.78, 5) is 2.49. The average molecular weight is 500 g/mol. The van der Waals surface area contributed by atoms with Gasteiger partial charge in [-0.15, -0.1) is 0 Å². The number of morpholine rings is 1. The smallest absolute Gasteiger partial charge is 0.297 e. The lowest BCUT2D eigenvalue weighted by Crippen LogP contribution is -2.59. The molecule has 1 saturated heterocycles. The fourth-order valence-electron chi connectivity index (χ4n) is 5.09. The van der Waals surface area contributed by atoms with Crippen molar-refractivity contribution in [1.82, 2.24) is 4.90 Å². The van der Waals surface area contributed by atoms with Crippen LogP contribution in [0.4, 0.5) is 0 Å². The van der Waals surface area contributed by atoms with Crippen molar-refractivity contribution < 1.29 is 17.3 Å². The highest BCUT2D eigenvalue weighted by molar-refractivity contribution is 7.86. The summed E-state index contributed by atoms with van der Waals surface area (Å²) in [6, 6.07) is 39.0. The Morgan fingerprint density at radius 2 is 1.17 bits per heavy atom. The second-order valence-corrected chi connectivity index (χ2v) is 10.4. The molecule has 4 aromatic carbocycles. The van der Waals surface area contributed by atoms with Gasteiger partial charge in [-0.05, 0) is 28.8 Å². The van der Waals surface area contributed by atoms with Gasteiger partial charge in [0.15, 0.2) is 0 Å². The standard InChI is InChI=1S/C30H29NO4S/c32-36(33,29-19-11-4-12-20-29)35-24-28-23-34-22-21-31(28)30(25-13-5-1-6-14-25,26-15-7-2-8-16-26)27-17-9-3-10-18-27/h1-20,28H,21-24H2. The molecule has 5 rings (SSSR count). The van der Waals surface area contributed by atoms with E-state index in [2.05, 4.69) is 41.3 Å². The lowest BCUT2D eigenvalue weighted by atomic mass is 9.74. The molecule has 1 aliphatic rings. The number of hydrogen-bond acceptors (Lipinski definition) is 5. The van der Waals surface area contributed by atoms with Crippen LogP contribution < -0.4 is 0 Å². The summed E-state index contributed by atoms with van der Waals surface area (Å²) in [5, 5.41) is 0. The number of rotatable bonds is 8. The number of benzene rings is 4. The first kappa shape index (κ1) is 24.4. The van der Waals surface area contributed by atoms with Gasteiger partial charge in [0.2, 0.25) is 0 Å². The molecule has 5 nitrogen and oxygen atoms in total. The number of ether oxygens (including phenoxy) is 1. The van der Waals surface area contributed by atoms with Gasteiger partial charge in [0.25, 0.3) is 10.1 Å². The molecule has 0 bridgehead atoms. The molecular weight excluding hydrogens is 470 g/mol.